The topological polar surface area (TPSA) is 40.6 Å². The maximum atomic E-state index is 13.8. The first-order valence-corrected chi connectivity index (χ1v) is 9.58. The van der Waals surface area contributed by atoms with Crippen LogP contribution >= 0.6 is 0 Å². The minimum absolute atomic E-state index is 0.353. The molecule has 23 heavy (non-hydrogen) atoms. The van der Waals surface area contributed by atoms with Crippen molar-refractivity contribution in [1.29, 1.82) is 0 Å². The summed E-state index contributed by atoms with van der Waals surface area (Å²) in [5, 5.41) is 0. The Hall–Kier alpha value is -1.05. The van der Waals surface area contributed by atoms with Crippen molar-refractivity contribution >= 4 is 10.0 Å². The van der Waals surface area contributed by atoms with Crippen LogP contribution in [0.4, 0.5) is 8.78 Å². The molecule has 0 spiro atoms. The standard InChI is InChI=1S/C16H22F2N2O2S/c17-14-5-6-16(15(18)11-14)23(21,22)20-9-7-19(8-10-20)12-13-3-1-2-4-13/h5-6,11,13H,1-4,7-10,12H2. The van der Waals surface area contributed by atoms with Gasteiger partial charge in [-0.2, -0.15) is 4.31 Å². The van der Waals surface area contributed by atoms with Crippen LogP contribution in [0.5, 0.6) is 0 Å². The Balaban J connectivity index is 1.63. The summed E-state index contributed by atoms with van der Waals surface area (Å²) in [6, 6.07) is 2.60. The molecule has 1 heterocycles. The molecule has 2 aliphatic rings. The Labute approximate surface area is 136 Å². The second-order valence-electron chi connectivity index (χ2n) is 6.43. The van der Waals surface area contributed by atoms with Crippen molar-refractivity contribution in [3.63, 3.8) is 0 Å². The fourth-order valence-electron chi connectivity index (χ4n) is 3.53. The molecule has 1 saturated carbocycles. The first-order chi connectivity index (χ1) is 11.0. The number of rotatable bonds is 4. The van der Waals surface area contributed by atoms with Crippen LogP contribution in [0.25, 0.3) is 0 Å². The van der Waals surface area contributed by atoms with Crippen LogP contribution in [0.3, 0.4) is 0 Å². The molecular formula is C16H22F2N2O2S. The molecule has 4 nitrogen and oxygen atoms in total. The Kier molecular flexibility index (Phi) is 4.98. The summed E-state index contributed by atoms with van der Waals surface area (Å²) in [7, 11) is -3.90. The van der Waals surface area contributed by atoms with Crippen molar-refractivity contribution in [2.75, 3.05) is 32.7 Å². The number of piperazine rings is 1. The predicted octanol–water partition coefficient (Wildman–Crippen LogP) is 2.46. The largest absolute Gasteiger partial charge is 0.300 e. The number of halogens is 2. The van der Waals surface area contributed by atoms with Crippen LogP contribution in [-0.2, 0) is 10.0 Å². The molecule has 0 radical (unpaired) electrons. The molecule has 7 heteroatoms. The summed E-state index contributed by atoms with van der Waals surface area (Å²) >= 11 is 0. The molecule has 0 amide bonds. The van der Waals surface area contributed by atoms with E-state index in [2.05, 4.69) is 4.90 Å². The van der Waals surface area contributed by atoms with Gasteiger partial charge in [0.15, 0.2) is 0 Å². The zero-order valence-corrected chi connectivity index (χ0v) is 13.9. The molecule has 0 unspecified atom stereocenters. The quantitative estimate of drug-likeness (QED) is 0.842. The lowest BCUT2D eigenvalue weighted by Crippen LogP contribution is -2.49. The van der Waals surface area contributed by atoms with Crippen LogP contribution < -0.4 is 0 Å². The number of sulfonamides is 1. The van der Waals surface area contributed by atoms with Gasteiger partial charge in [0.25, 0.3) is 0 Å². The molecule has 3 rings (SSSR count). The van der Waals surface area contributed by atoms with Crippen LogP contribution in [0.1, 0.15) is 25.7 Å². The van der Waals surface area contributed by atoms with Gasteiger partial charge < -0.3 is 4.90 Å². The highest BCUT2D eigenvalue weighted by Crippen LogP contribution is 2.26. The summed E-state index contributed by atoms with van der Waals surface area (Å²) in [5.41, 5.74) is 0. The number of hydrogen-bond acceptors (Lipinski definition) is 3. The average molecular weight is 344 g/mol. The maximum Gasteiger partial charge on any atom is 0.246 e. The van der Waals surface area contributed by atoms with E-state index in [9.17, 15) is 17.2 Å². The lowest BCUT2D eigenvalue weighted by atomic mass is 10.1. The summed E-state index contributed by atoms with van der Waals surface area (Å²) in [5.74, 6) is -1.08. The third kappa shape index (κ3) is 3.72. The molecular weight excluding hydrogens is 322 g/mol. The van der Waals surface area contributed by atoms with Gasteiger partial charge in [-0.25, -0.2) is 17.2 Å². The lowest BCUT2D eigenvalue weighted by molar-refractivity contribution is 0.165. The number of nitrogens with zero attached hydrogens (tertiary/aromatic N) is 2. The molecule has 0 atom stereocenters. The van der Waals surface area contributed by atoms with Crippen molar-refractivity contribution < 1.29 is 17.2 Å². The predicted molar refractivity (Wildman–Crippen MR) is 83.5 cm³/mol. The van der Waals surface area contributed by atoms with Crippen LogP contribution in [0.15, 0.2) is 23.1 Å². The van der Waals surface area contributed by atoms with Crippen molar-refractivity contribution in [3.8, 4) is 0 Å². The normalized spacial score (nSPS) is 21.8. The second kappa shape index (κ2) is 6.83. The van der Waals surface area contributed by atoms with E-state index in [1.165, 1.54) is 30.0 Å². The Morgan fingerprint density at radius 1 is 1.04 bits per heavy atom. The molecule has 128 valence electrons. The fourth-order valence-corrected chi connectivity index (χ4v) is 5.00. The van der Waals surface area contributed by atoms with E-state index in [4.69, 9.17) is 0 Å². The Morgan fingerprint density at radius 2 is 1.70 bits per heavy atom. The highest BCUT2D eigenvalue weighted by atomic mass is 32.2. The first-order valence-electron chi connectivity index (χ1n) is 8.14. The van der Waals surface area contributed by atoms with Gasteiger partial charge in [-0.3, -0.25) is 0 Å². The summed E-state index contributed by atoms with van der Waals surface area (Å²) in [6.45, 7) is 3.06. The Bertz CT molecular complexity index is 652. The zero-order chi connectivity index (χ0) is 16.4. The molecule has 1 aliphatic heterocycles. The van der Waals surface area contributed by atoms with E-state index >= 15 is 0 Å². The van der Waals surface area contributed by atoms with Gasteiger partial charge in [0.05, 0.1) is 0 Å². The van der Waals surface area contributed by atoms with Crippen molar-refractivity contribution in [2.45, 2.75) is 30.6 Å². The average Bonchev–Trinajstić information content (AvgIpc) is 3.00. The van der Waals surface area contributed by atoms with E-state index in [1.54, 1.807) is 0 Å². The zero-order valence-electron chi connectivity index (χ0n) is 13.0. The molecule has 1 aromatic carbocycles. The van der Waals surface area contributed by atoms with Gasteiger partial charge in [-0.05, 0) is 30.9 Å². The summed E-state index contributed by atoms with van der Waals surface area (Å²) in [6.07, 6.45) is 5.12. The van der Waals surface area contributed by atoms with Gasteiger partial charge in [-0.15, -0.1) is 0 Å². The van der Waals surface area contributed by atoms with Gasteiger partial charge in [0.2, 0.25) is 10.0 Å². The molecule has 0 N–H and O–H groups in total. The number of benzene rings is 1. The van der Waals surface area contributed by atoms with E-state index in [0.717, 1.165) is 24.6 Å². The van der Waals surface area contributed by atoms with E-state index in [-0.39, 0.29) is 0 Å². The van der Waals surface area contributed by atoms with Crippen molar-refractivity contribution in [2.24, 2.45) is 5.92 Å². The minimum atomic E-state index is -3.90. The minimum Gasteiger partial charge on any atom is -0.300 e. The lowest BCUT2D eigenvalue weighted by Gasteiger charge is -2.35. The number of hydrogen-bond donors (Lipinski definition) is 0. The van der Waals surface area contributed by atoms with Crippen LogP contribution in [0.2, 0.25) is 0 Å². The third-order valence-corrected chi connectivity index (χ3v) is 6.77. The summed E-state index contributed by atoms with van der Waals surface area (Å²) in [4.78, 5) is 1.85. The van der Waals surface area contributed by atoms with Crippen molar-refractivity contribution in [1.82, 2.24) is 9.21 Å². The van der Waals surface area contributed by atoms with Gasteiger partial charge in [-0.1, -0.05) is 12.8 Å². The van der Waals surface area contributed by atoms with Gasteiger partial charge in [0, 0.05) is 38.8 Å². The monoisotopic (exact) mass is 344 g/mol. The van der Waals surface area contributed by atoms with E-state index in [1.807, 2.05) is 0 Å². The first kappa shape index (κ1) is 16.8. The van der Waals surface area contributed by atoms with E-state index < -0.39 is 26.6 Å². The van der Waals surface area contributed by atoms with E-state index in [0.29, 0.717) is 32.2 Å². The SMILES string of the molecule is O=S(=O)(c1ccc(F)cc1F)N1CCN(CC2CCCC2)CC1. The fraction of sp³-hybridized carbons (Fsp3) is 0.625. The molecule has 0 aromatic heterocycles. The molecule has 1 aliphatic carbocycles. The summed E-state index contributed by atoms with van der Waals surface area (Å²) < 4.78 is 53.1. The Morgan fingerprint density at radius 3 is 2.30 bits per heavy atom. The smallest absolute Gasteiger partial charge is 0.246 e. The van der Waals surface area contributed by atoms with Crippen molar-refractivity contribution in [3.05, 3.63) is 29.8 Å². The van der Waals surface area contributed by atoms with Gasteiger partial charge >= 0.3 is 0 Å². The highest BCUT2D eigenvalue weighted by molar-refractivity contribution is 7.89. The highest BCUT2D eigenvalue weighted by Gasteiger charge is 2.31. The third-order valence-electron chi connectivity index (χ3n) is 4.83. The second-order valence-corrected chi connectivity index (χ2v) is 8.34. The van der Waals surface area contributed by atoms with Gasteiger partial charge in [0.1, 0.15) is 16.5 Å². The van der Waals surface area contributed by atoms with Crippen LogP contribution in [0, 0.1) is 17.6 Å². The molecule has 0 bridgehead atoms. The molecule has 1 aromatic rings. The van der Waals surface area contributed by atoms with Crippen LogP contribution in [-0.4, -0.2) is 50.3 Å². The maximum absolute atomic E-state index is 13.8. The molecule has 2 fully saturated rings. The molecule has 1 saturated heterocycles.